The lowest BCUT2D eigenvalue weighted by Crippen LogP contribution is -2.39. The molecule has 0 saturated carbocycles. The first kappa shape index (κ1) is 21.3. The number of alkyl halides is 3. The highest BCUT2D eigenvalue weighted by molar-refractivity contribution is 5.74. The highest BCUT2D eigenvalue weighted by Crippen LogP contribution is 2.28. The standard InChI is InChI=1S/C22H17F3N4O3/c1-28-19-17(9-10-18(27-19)22(23,24)25)20(30)29(21(28)31)12-14-5-7-16(8-6-14)32-13-15-4-2-3-11-26-15/h2-11H,12-13H2,1H3. The molecule has 0 fully saturated rings. The summed E-state index contributed by atoms with van der Waals surface area (Å²) in [6, 6.07) is 14.1. The van der Waals surface area contributed by atoms with Crippen molar-refractivity contribution in [1.29, 1.82) is 0 Å². The molecule has 0 atom stereocenters. The van der Waals surface area contributed by atoms with Crippen molar-refractivity contribution < 1.29 is 17.9 Å². The first-order chi connectivity index (χ1) is 15.2. The Morgan fingerprint density at radius 1 is 1.00 bits per heavy atom. The van der Waals surface area contributed by atoms with Crippen LogP contribution in [0.15, 0.2) is 70.4 Å². The Labute approximate surface area is 179 Å². The van der Waals surface area contributed by atoms with E-state index in [0.29, 0.717) is 11.3 Å². The maximum atomic E-state index is 13.0. The van der Waals surface area contributed by atoms with Gasteiger partial charge in [0.15, 0.2) is 0 Å². The number of rotatable bonds is 5. The molecular formula is C22H17F3N4O3. The van der Waals surface area contributed by atoms with E-state index in [1.807, 2.05) is 18.2 Å². The summed E-state index contributed by atoms with van der Waals surface area (Å²) >= 11 is 0. The lowest BCUT2D eigenvalue weighted by molar-refractivity contribution is -0.141. The number of ether oxygens (including phenoxy) is 1. The summed E-state index contributed by atoms with van der Waals surface area (Å²) in [5.74, 6) is 0.585. The van der Waals surface area contributed by atoms with Crippen LogP contribution in [-0.2, 0) is 26.4 Å². The molecular weight excluding hydrogens is 425 g/mol. The zero-order chi connectivity index (χ0) is 22.9. The molecule has 0 unspecified atom stereocenters. The van der Waals surface area contributed by atoms with Crippen LogP contribution in [0.2, 0.25) is 0 Å². The molecule has 0 radical (unpaired) electrons. The molecule has 0 aliphatic heterocycles. The summed E-state index contributed by atoms with van der Waals surface area (Å²) in [6.45, 7) is 0.237. The van der Waals surface area contributed by atoms with Crippen LogP contribution in [0, 0.1) is 0 Å². The van der Waals surface area contributed by atoms with E-state index in [2.05, 4.69) is 9.97 Å². The van der Waals surface area contributed by atoms with Crippen LogP contribution in [-0.4, -0.2) is 19.1 Å². The highest BCUT2D eigenvalue weighted by atomic mass is 19.4. The van der Waals surface area contributed by atoms with E-state index < -0.39 is 23.1 Å². The number of aromatic nitrogens is 4. The zero-order valence-electron chi connectivity index (χ0n) is 16.8. The Hall–Kier alpha value is -3.95. The number of hydrogen-bond donors (Lipinski definition) is 0. The fourth-order valence-electron chi connectivity index (χ4n) is 3.19. The van der Waals surface area contributed by atoms with Gasteiger partial charge in [-0.25, -0.2) is 9.78 Å². The number of halogens is 3. The molecule has 0 bridgehead atoms. The minimum Gasteiger partial charge on any atom is -0.487 e. The van der Waals surface area contributed by atoms with Crippen molar-refractivity contribution in [2.45, 2.75) is 19.3 Å². The molecule has 32 heavy (non-hydrogen) atoms. The number of benzene rings is 1. The highest BCUT2D eigenvalue weighted by Gasteiger charge is 2.33. The van der Waals surface area contributed by atoms with Crippen molar-refractivity contribution in [2.24, 2.45) is 7.05 Å². The van der Waals surface area contributed by atoms with Crippen LogP contribution in [0.25, 0.3) is 11.0 Å². The van der Waals surface area contributed by atoms with Gasteiger partial charge in [-0.05, 0) is 42.0 Å². The fourth-order valence-corrected chi connectivity index (χ4v) is 3.19. The molecule has 0 saturated heterocycles. The molecule has 0 N–H and O–H groups in total. The van der Waals surface area contributed by atoms with Crippen molar-refractivity contribution in [2.75, 3.05) is 0 Å². The van der Waals surface area contributed by atoms with Crippen LogP contribution < -0.4 is 16.0 Å². The molecule has 0 amide bonds. The second kappa shape index (κ2) is 8.29. The molecule has 0 aliphatic rings. The van der Waals surface area contributed by atoms with E-state index in [1.165, 1.54) is 7.05 Å². The first-order valence-electron chi connectivity index (χ1n) is 9.53. The zero-order valence-corrected chi connectivity index (χ0v) is 16.8. The SMILES string of the molecule is Cn1c(=O)n(Cc2ccc(OCc3ccccn3)cc2)c(=O)c2ccc(C(F)(F)F)nc21. The lowest BCUT2D eigenvalue weighted by Gasteiger charge is -2.12. The Kier molecular flexibility index (Phi) is 5.52. The van der Waals surface area contributed by atoms with E-state index in [-0.39, 0.29) is 24.2 Å². The van der Waals surface area contributed by atoms with Crippen molar-refractivity contribution >= 4 is 11.0 Å². The quantitative estimate of drug-likeness (QED) is 0.475. The predicted octanol–water partition coefficient (Wildman–Crippen LogP) is 3.14. The first-order valence-corrected chi connectivity index (χ1v) is 9.53. The van der Waals surface area contributed by atoms with Gasteiger partial charge in [0.2, 0.25) is 0 Å². The molecule has 4 aromatic rings. The smallest absolute Gasteiger partial charge is 0.433 e. The second-order valence-corrected chi connectivity index (χ2v) is 7.05. The summed E-state index contributed by atoms with van der Waals surface area (Å²) in [5.41, 5.74) is -1.54. The van der Waals surface area contributed by atoms with Gasteiger partial charge in [-0.1, -0.05) is 18.2 Å². The molecule has 4 rings (SSSR count). The molecule has 0 aliphatic carbocycles. The Bertz CT molecular complexity index is 1380. The van der Waals surface area contributed by atoms with E-state index in [9.17, 15) is 22.8 Å². The van der Waals surface area contributed by atoms with Gasteiger partial charge in [0.25, 0.3) is 5.56 Å². The van der Waals surface area contributed by atoms with Gasteiger partial charge in [0.05, 0.1) is 17.6 Å². The third kappa shape index (κ3) is 4.25. The van der Waals surface area contributed by atoms with E-state index in [0.717, 1.165) is 27.0 Å². The van der Waals surface area contributed by atoms with E-state index >= 15 is 0 Å². The molecule has 0 spiro atoms. The number of fused-ring (bicyclic) bond motifs is 1. The van der Waals surface area contributed by atoms with Crippen LogP contribution >= 0.6 is 0 Å². The Morgan fingerprint density at radius 3 is 2.41 bits per heavy atom. The summed E-state index contributed by atoms with van der Waals surface area (Å²) in [5, 5.41) is -0.0737. The van der Waals surface area contributed by atoms with E-state index in [4.69, 9.17) is 4.74 Å². The van der Waals surface area contributed by atoms with Crippen LogP contribution in [0.1, 0.15) is 17.0 Å². The van der Waals surface area contributed by atoms with Crippen molar-refractivity contribution in [1.82, 2.24) is 19.1 Å². The molecule has 10 heteroatoms. The molecule has 164 valence electrons. The average Bonchev–Trinajstić information content (AvgIpc) is 2.79. The largest absolute Gasteiger partial charge is 0.487 e. The molecule has 3 aromatic heterocycles. The number of nitrogens with zero attached hydrogens (tertiary/aromatic N) is 4. The van der Waals surface area contributed by atoms with Gasteiger partial charge in [0.1, 0.15) is 23.7 Å². The molecule has 1 aromatic carbocycles. The summed E-state index contributed by atoms with van der Waals surface area (Å²) in [6.07, 6.45) is -3.01. The number of hydrogen-bond acceptors (Lipinski definition) is 5. The van der Waals surface area contributed by atoms with Gasteiger partial charge < -0.3 is 4.74 Å². The maximum Gasteiger partial charge on any atom is 0.433 e. The number of pyridine rings is 2. The summed E-state index contributed by atoms with van der Waals surface area (Å²) in [4.78, 5) is 33.1. The normalized spacial score (nSPS) is 11.6. The van der Waals surface area contributed by atoms with Crippen LogP contribution in [0.5, 0.6) is 5.75 Å². The fraction of sp³-hybridized carbons (Fsp3) is 0.182. The summed E-state index contributed by atoms with van der Waals surface area (Å²) in [7, 11) is 1.28. The third-order valence-electron chi connectivity index (χ3n) is 4.85. The van der Waals surface area contributed by atoms with Crippen molar-refractivity contribution in [3.63, 3.8) is 0 Å². The van der Waals surface area contributed by atoms with Gasteiger partial charge in [0, 0.05) is 13.2 Å². The average molecular weight is 442 g/mol. The Balaban J connectivity index is 1.60. The van der Waals surface area contributed by atoms with Crippen molar-refractivity contribution in [3.8, 4) is 5.75 Å². The van der Waals surface area contributed by atoms with Crippen molar-refractivity contribution in [3.05, 3.63) is 98.6 Å². The predicted molar refractivity (Wildman–Crippen MR) is 110 cm³/mol. The minimum absolute atomic E-state index is 0.0526. The topological polar surface area (TPSA) is 79.0 Å². The van der Waals surface area contributed by atoms with Gasteiger partial charge in [-0.2, -0.15) is 13.2 Å². The minimum atomic E-state index is -4.68. The van der Waals surface area contributed by atoms with Gasteiger partial charge >= 0.3 is 11.9 Å². The maximum absolute atomic E-state index is 13.0. The van der Waals surface area contributed by atoms with Crippen LogP contribution in [0.4, 0.5) is 13.2 Å². The van der Waals surface area contributed by atoms with E-state index in [1.54, 1.807) is 30.5 Å². The van der Waals surface area contributed by atoms with Gasteiger partial charge in [-0.3, -0.25) is 18.9 Å². The monoisotopic (exact) mass is 442 g/mol. The Morgan fingerprint density at radius 2 is 1.75 bits per heavy atom. The summed E-state index contributed by atoms with van der Waals surface area (Å²) < 4.78 is 46.4. The number of aryl methyl sites for hydroxylation is 1. The second-order valence-electron chi connectivity index (χ2n) is 7.05. The third-order valence-corrected chi connectivity index (χ3v) is 4.85. The molecule has 3 heterocycles. The van der Waals surface area contributed by atoms with Crippen LogP contribution in [0.3, 0.4) is 0 Å². The molecule has 7 nitrogen and oxygen atoms in total. The lowest BCUT2D eigenvalue weighted by atomic mass is 10.2. The van der Waals surface area contributed by atoms with Gasteiger partial charge in [-0.15, -0.1) is 0 Å².